The van der Waals surface area contributed by atoms with Gasteiger partial charge in [0.2, 0.25) is 5.91 Å². The molecule has 6 nitrogen and oxygen atoms in total. The summed E-state index contributed by atoms with van der Waals surface area (Å²) in [6.07, 6.45) is 2.96. The Balaban J connectivity index is 1.41. The third kappa shape index (κ3) is 6.40. The number of hydrogen-bond acceptors (Lipinski definition) is 3. The number of amides is 3. The number of likely N-dealkylation sites (tertiary alicyclic amines) is 2. The van der Waals surface area contributed by atoms with Gasteiger partial charge in [-0.1, -0.05) is 59.1 Å². The number of carbonyl (C=O) groups excluding carboxylic acids is 3. The second-order valence-electron chi connectivity index (χ2n) is 10.7. The molecule has 3 atom stereocenters. The van der Waals surface area contributed by atoms with Crippen LogP contribution in [0, 0.1) is 0 Å². The van der Waals surface area contributed by atoms with E-state index >= 15 is 0 Å². The van der Waals surface area contributed by atoms with E-state index in [1.165, 1.54) is 0 Å². The van der Waals surface area contributed by atoms with Crippen LogP contribution in [-0.4, -0.2) is 71.2 Å². The van der Waals surface area contributed by atoms with E-state index in [4.69, 9.17) is 34.8 Å². The van der Waals surface area contributed by atoms with Gasteiger partial charge in [-0.05, 0) is 79.8 Å². The Kier molecular flexibility index (Phi) is 9.22. The largest absolute Gasteiger partial charge is 0.340 e. The SMILES string of the molecule is CN(C(=O)c1ccc(Cl)cc1)[C@@H]1CCN(C(=O)C2CCCCN2C(=O)c2ccccc2)C[C@H]1c1ccc(Cl)c(Cl)c1. The van der Waals surface area contributed by atoms with Gasteiger partial charge in [-0.2, -0.15) is 0 Å². The van der Waals surface area contributed by atoms with E-state index < -0.39 is 6.04 Å². The first kappa shape index (κ1) is 29.4. The van der Waals surface area contributed by atoms with Gasteiger partial charge in [0.1, 0.15) is 6.04 Å². The number of benzene rings is 3. The fourth-order valence-corrected chi connectivity index (χ4v) is 6.44. The highest BCUT2D eigenvalue weighted by molar-refractivity contribution is 6.42. The number of hydrogen-bond donors (Lipinski definition) is 0. The summed E-state index contributed by atoms with van der Waals surface area (Å²) in [5.74, 6) is -0.494. The van der Waals surface area contributed by atoms with Gasteiger partial charge < -0.3 is 14.7 Å². The van der Waals surface area contributed by atoms with Crippen LogP contribution < -0.4 is 0 Å². The van der Waals surface area contributed by atoms with Crippen LogP contribution in [0.5, 0.6) is 0 Å². The molecule has 214 valence electrons. The average molecular weight is 613 g/mol. The molecule has 0 aliphatic carbocycles. The third-order valence-electron chi connectivity index (χ3n) is 8.24. The zero-order valence-electron chi connectivity index (χ0n) is 22.8. The molecule has 0 saturated carbocycles. The molecule has 3 aromatic carbocycles. The van der Waals surface area contributed by atoms with E-state index in [1.807, 2.05) is 35.2 Å². The van der Waals surface area contributed by atoms with Crippen LogP contribution in [0.25, 0.3) is 0 Å². The molecule has 2 aliphatic rings. The standard InChI is InChI=1S/C32H32Cl3N3O3/c1-36(30(39)22-10-13-24(33)14-11-22)28-16-18-37(20-25(28)23-12-15-26(34)27(35)19-23)32(41)29-9-5-6-17-38(29)31(40)21-7-3-2-4-8-21/h2-4,7-8,10-15,19,25,28-29H,5-6,9,16-18,20H2,1H3/t25-,28+,29?/m0/s1. The number of nitrogens with zero attached hydrogens (tertiary/aromatic N) is 3. The smallest absolute Gasteiger partial charge is 0.254 e. The average Bonchev–Trinajstić information content (AvgIpc) is 3.01. The number of piperidine rings is 2. The predicted molar refractivity (Wildman–Crippen MR) is 163 cm³/mol. The van der Waals surface area contributed by atoms with Crippen LogP contribution in [0.3, 0.4) is 0 Å². The summed E-state index contributed by atoms with van der Waals surface area (Å²) in [6, 6.07) is 20.7. The van der Waals surface area contributed by atoms with E-state index in [0.29, 0.717) is 58.7 Å². The van der Waals surface area contributed by atoms with Gasteiger partial charge in [0.15, 0.2) is 0 Å². The number of likely N-dealkylation sites (N-methyl/N-ethyl adjacent to an activating group) is 1. The molecule has 2 aliphatic heterocycles. The van der Waals surface area contributed by atoms with Crippen LogP contribution in [0.15, 0.2) is 72.8 Å². The van der Waals surface area contributed by atoms with Gasteiger partial charge >= 0.3 is 0 Å². The zero-order chi connectivity index (χ0) is 29.1. The van der Waals surface area contributed by atoms with Gasteiger partial charge in [0, 0.05) is 54.8 Å². The van der Waals surface area contributed by atoms with E-state index in [-0.39, 0.29) is 29.7 Å². The minimum absolute atomic E-state index is 0.0517. The van der Waals surface area contributed by atoms with E-state index in [0.717, 1.165) is 18.4 Å². The monoisotopic (exact) mass is 611 g/mol. The molecule has 3 aromatic rings. The van der Waals surface area contributed by atoms with Gasteiger partial charge in [0.05, 0.1) is 10.0 Å². The maximum Gasteiger partial charge on any atom is 0.254 e. The van der Waals surface area contributed by atoms with Crippen molar-refractivity contribution < 1.29 is 14.4 Å². The van der Waals surface area contributed by atoms with Crippen LogP contribution in [0.1, 0.15) is 57.9 Å². The van der Waals surface area contributed by atoms with Crippen molar-refractivity contribution >= 4 is 52.5 Å². The van der Waals surface area contributed by atoms with Crippen LogP contribution in [0.2, 0.25) is 15.1 Å². The Labute approximate surface area is 255 Å². The van der Waals surface area contributed by atoms with Crippen molar-refractivity contribution in [1.82, 2.24) is 14.7 Å². The van der Waals surface area contributed by atoms with Crippen LogP contribution in [0.4, 0.5) is 0 Å². The molecule has 9 heteroatoms. The number of carbonyl (C=O) groups is 3. The lowest BCUT2D eigenvalue weighted by Gasteiger charge is -2.45. The lowest BCUT2D eigenvalue weighted by molar-refractivity contribution is -0.139. The fraction of sp³-hybridized carbons (Fsp3) is 0.344. The fourth-order valence-electron chi connectivity index (χ4n) is 6.01. The zero-order valence-corrected chi connectivity index (χ0v) is 25.1. The van der Waals surface area contributed by atoms with Gasteiger partial charge in [-0.15, -0.1) is 0 Å². The van der Waals surface area contributed by atoms with Gasteiger partial charge in [-0.3, -0.25) is 14.4 Å². The first-order chi connectivity index (χ1) is 19.7. The first-order valence-electron chi connectivity index (χ1n) is 13.9. The van der Waals surface area contributed by atoms with Crippen molar-refractivity contribution in [2.24, 2.45) is 0 Å². The second kappa shape index (κ2) is 12.8. The second-order valence-corrected chi connectivity index (χ2v) is 12.0. The quantitative estimate of drug-likeness (QED) is 0.319. The predicted octanol–water partition coefficient (Wildman–Crippen LogP) is 6.80. The van der Waals surface area contributed by atoms with E-state index in [1.54, 1.807) is 59.3 Å². The summed E-state index contributed by atoms with van der Waals surface area (Å²) in [5.41, 5.74) is 2.03. The van der Waals surface area contributed by atoms with Gasteiger partial charge in [0.25, 0.3) is 11.8 Å². The van der Waals surface area contributed by atoms with E-state index in [2.05, 4.69) is 0 Å². The Bertz CT molecular complexity index is 1420. The molecule has 1 unspecified atom stereocenters. The Morgan fingerprint density at radius 1 is 0.805 bits per heavy atom. The molecule has 5 rings (SSSR count). The van der Waals surface area contributed by atoms with Crippen LogP contribution >= 0.6 is 34.8 Å². The maximum atomic E-state index is 14.1. The van der Waals surface area contributed by atoms with Gasteiger partial charge in [-0.25, -0.2) is 0 Å². The molecule has 2 saturated heterocycles. The topological polar surface area (TPSA) is 60.9 Å². The molecule has 0 radical (unpaired) electrons. The highest BCUT2D eigenvalue weighted by atomic mass is 35.5. The summed E-state index contributed by atoms with van der Waals surface area (Å²) < 4.78 is 0. The Hall–Kier alpha value is -3.06. The summed E-state index contributed by atoms with van der Waals surface area (Å²) in [4.78, 5) is 46.3. The lowest BCUT2D eigenvalue weighted by atomic mass is 9.84. The molecular weight excluding hydrogens is 581 g/mol. The van der Waals surface area contributed by atoms with Crippen molar-refractivity contribution in [1.29, 1.82) is 0 Å². The van der Waals surface area contributed by atoms with E-state index in [9.17, 15) is 14.4 Å². The molecule has 0 aromatic heterocycles. The Morgan fingerprint density at radius 3 is 2.24 bits per heavy atom. The molecule has 0 N–H and O–H groups in total. The minimum atomic E-state index is -0.518. The highest BCUT2D eigenvalue weighted by Gasteiger charge is 2.41. The minimum Gasteiger partial charge on any atom is -0.340 e. The maximum absolute atomic E-state index is 14.1. The van der Waals surface area contributed by atoms with Crippen molar-refractivity contribution in [3.63, 3.8) is 0 Å². The molecular formula is C32H32Cl3N3O3. The lowest BCUT2D eigenvalue weighted by Crippen LogP contribution is -2.57. The van der Waals surface area contributed by atoms with Crippen molar-refractivity contribution in [3.8, 4) is 0 Å². The molecule has 2 fully saturated rings. The normalized spacial score (nSPS) is 20.9. The third-order valence-corrected chi connectivity index (χ3v) is 9.23. The Morgan fingerprint density at radius 2 is 1.54 bits per heavy atom. The molecule has 0 bridgehead atoms. The summed E-state index contributed by atoms with van der Waals surface area (Å²) in [7, 11) is 1.80. The molecule has 3 amide bonds. The highest BCUT2D eigenvalue weighted by Crippen LogP contribution is 2.35. The number of halogens is 3. The van der Waals surface area contributed by atoms with Crippen molar-refractivity contribution in [2.45, 2.75) is 43.7 Å². The summed E-state index contributed by atoms with van der Waals surface area (Å²) in [5, 5.41) is 1.43. The summed E-state index contributed by atoms with van der Waals surface area (Å²) >= 11 is 18.7. The molecule has 41 heavy (non-hydrogen) atoms. The molecule has 0 spiro atoms. The summed E-state index contributed by atoms with van der Waals surface area (Å²) in [6.45, 7) is 1.42. The van der Waals surface area contributed by atoms with Crippen LogP contribution in [-0.2, 0) is 4.79 Å². The van der Waals surface area contributed by atoms with Crippen molar-refractivity contribution in [2.75, 3.05) is 26.7 Å². The van der Waals surface area contributed by atoms with Crippen molar-refractivity contribution in [3.05, 3.63) is 105 Å². The first-order valence-corrected chi connectivity index (χ1v) is 15.0. The number of rotatable bonds is 5. The molecule has 2 heterocycles.